The van der Waals surface area contributed by atoms with Gasteiger partial charge in [0, 0.05) is 12.7 Å². The predicted octanol–water partition coefficient (Wildman–Crippen LogP) is 2.76. The Morgan fingerprint density at radius 3 is 2.42 bits per heavy atom. The number of rotatable bonds is 6. The van der Waals surface area contributed by atoms with Crippen LogP contribution in [-0.4, -0.2) is 33.0 Å². The van der Waals surface area contributed by atoms with Gasteiger partial charge in [0.2, 0.25) is 5.91 Å². The Kier molecular flexibility index (Phi) is 5.58. The number of para-hydroxylation sites is 1. The highest BCUT2D eigenvalue weighted by Gasteiger charge is 2.22. The number of hydrogen-bond donors (Lipinski definition) is 1. The summed E-state index contributed by atoms with van der Waals surface area (Å²) in [6, 6.07) is 19.1. The lowest BCUT2D eigenvalue weighted by atomic mass is 10.2. The molecule has 0 bridgehead atoms. The molecule has 0 fully saturated rings. The van der Waals surface area contributed by atoms with Gasteiger partial charge in [-0.05, 0) is 24.6 Å². The van der Waals surface area contributed by atoms with Crippen molar-refractivity contribution in [2.75, 3.05) is 11.9 Å². The van der Waals surface area contributed by atoms with Crippen LogP contribution in [0.4, 0.5) is 5.69 Å². The van der Waals surface area contributed by atoms with Crippen LogP contribution in [0.15, 0.2) is 70.6 Å². The minimum Gasteiger partial charge on any atom is -0.315 e. The number of aromatic amines is 1. The molecule has 0 aliphatic heterocycles. The van der Waals surface area contributed by atoms with Crippen molar-refractivity contribution in [3.8, 4) is 0 Å². The SMILES string of the molecule is CC(Sc1n[nH]c(=O)n1Cc1ccccc1)C(=O)N(C)c1ccccc1. The average molecular weight is 368 g/mol. The Labute approximate surface area is 155 Å². The number of H-pyrrole nitrogens is 1. The maximum atomic E-state index is 12.7. The van der Waals surface area contributed by atoms with Crippen LogP contribution in [0.3, 0.4) is 0 Å². The number of benzene rings is 2. The summed E-state index contributed by atoms with van der Waals surface area (Å²) in [5, 5.41) is 6.68. The first-order valence-electron chi connectivity index (χ1n) is 8.24. The molecule has 0 saturated carbocycles. The van der Waals surface area contributed by atoms with E-state index in [0.717, 1.165) is 11.3 Å². The number of amides is 1. The monoisotopic (exact) mass is 368 g/mol. The number of carbonyl (C=O) groups is 1. The molecule has 26 heavy (non-hydrogen) atoms. The molecule has 3 aromatic rings. The van der Waals surface area contributed by atoms with Crippen molar-refractivity contribution in [2.45, 2.75) is 23.9 Å². The second-order valence-electron chi connectivity index (χ2n) is 5.88. The van der Waals surface area contributed by atoms with Gasteiger partial charge in [-0.15, -0.1) is 5.10 Å². The van der Waals surface area contributed by atoms with Gasteiger partial charge in [-0.2, -0.15) is 0 Å². The first-order valence-corrected chi connectivity index (χ1v) is 9.12. The van der Waals surface area contributed by atoms with E-state index in [0.29, 0.717) is 11.7 Å². The molecule has 1 amide bonds. The molecule has 1 aromatic heterocycles. The molecule has 0 aliphatic carbocycles. The highest BCUT2D eigenvalue weighted by Crippen LogP contribution is 2.24. The molecule has 0 aliphatic rings. The van der Waals surface area contributed by atoms with Crippen molar-refractivity contribution < 1.29 is 4.79 Å². The summed E-state index contributed by atoms with van der Waals surface area (Å²) < 4.78 is 1.55. The second kappa shape index (κ2) is 8.05. The second-order valence-corrected chi connectivity index (χ2v) is 7.18. The zero-order chi connectivity index (χ0) is 18.5. The summed E-state index contributed by atoms with van der Waals surface area (Å²) in [4.78, 5) is 26.4. The van der Waals surface area contributed by atoms with E-state index in [4.69, 9.17) is 0 Å². The van der Waals surface area contributed by atoms with Gasteiger partial charge in [-0.3, -0.25) is 9.36 Å². The summed E-state index contributed by atoms with van der Waals surface area (Å²) in [6.45, 7) is 2.23. The average Bonchev–Trinajstić information content (AvgIpc) is 3.01. The molecule has 1 heterocycles. The highest BCUT2D eigenvalue weighted by molar-refractivity contribution is 8.00. The standard InChI is InChI=1S/C19H20N4O2S/c1-14(17(24)22(2)16-11-7-4-8-12-16)26-19-21-20-18(25)23(19)13-15-9-5-3-6-10-15/h3-12,14H,13H2,1-2H3,(H,20,25). The minimum absolute atomic E-state index is 0.0529. The van der Waals surface area contributed by atoms with Gasteiger partial charge in [0.25, 0.3) is 0 Å². The van der Waals surface area contributed by atoms with Gasteiger partial charge in [0.05, 0.1) is 11.8 Å². The molecular formula is C19H20N4O2S. The Hall–Kier alpha value is -2.80. The van der Waals surface area contributed by atoms with Gasteiger partial charge < -0.3 is 4.90 Å². The number of nitrogens with zero attached hydrogens (tertiary/aromatic N) is 3. The number of anilines is 1. The third-order valence-corrected chi connectivity index (χ3v) is 5.09. The van der Waals surface area contributed by atoms with Crippen LogP contribution in [0.2, 0.25) is 0 Å². The van der Waals surface area contributed by atoms with Crippen molar-refractivity contribution in [1.82, 2.24) is 14.8 Å². The quantitative estimate of drug-likeness (QED) is 0.679. The number of hydrogen-bond acceptors (Lipinski definition) is 4. The van der Waals surface area contributed by atoms with Crippen molar-refractivity contribution in [2.24, 2.45) is 0 Å². The van der Waals surface area contributed by atoms with E-state index in [1.165, 1.54) is 11.8 Å². The topological polar surface area (TPSA) is 71.0 Å². The smallest absolute Gasteiger partial charge is 0.315 e. The van der Waals surface area contributed by atoms with Crippen molar-refractivity contribution in [1.29, 1.82) is 0 Å². The molecule has 1 N–H and O–H groups in total. The fourth-order valence-corrected chi connectivity index (χ4v) is 3.51. The first kappa shape index (κ1) is 18.0. The van der Waals surface area contributed by atoms with E-state index in [1.54, 1.807) is 16.5 Å². The van der Waals surface area contributed by atoms with Crippen LogP contribution >= 0.6 is 11.8 Å². The predicted molar refractivity (Wildman–Crippen MR) is 104 cm³/mol. The lowest BCUT2D eigenvalue weighted by molar-refractivity contribution is -0.117. The largest absolute Gasteiger partial charge is 0.344 e. The molecule has 2 aromatic carbocycles. The molecule has 0 saturated heterocycles. The van der Waals surface area contributed by atoms with Gasteiger partial charge in [-0.25, -0.2) is 9.89 Å². The van der Waals surface area contributed by atoms with E-state index >= 15 is 0 Å². The maximum absolute atomic E-state index is 12.7. The van der Waals surface area contributed by atoms with Crippen LogP contribution in [0, 0.1) is 0 Å². The van der Waals surface area contributed by atoms with Gasteiger partial charge in [0.15, 0.2) is 5.16 Å². The zero-order valence-electron chi connectivity index (χ0n) is 14.6. The lowest BCUT2D eigenvalue weighted by Crippen LogP contribution is -2.33. The van der Waals surface area contributed by atoms with Gasteiger partial charge in [-0.1, -0.05) is 60.3 Å². The molecule has 0 radical (unpaired) electrons. The van der Waals surface area contributed by atoms with Gasteiger partial charge >= 0.3 is 5.69 Å². The van der Waals surface area contributed by atoms with Crippen LogP contribution < -0.4 is 10.6 Å². The summed E-state index contributed by atoms with van der Waals surface area (Å²) in [5.41, 5.74) is 1.54. The molecule has 3 rings (SSSR count). The van der Waals surface area contributed by atoms with E-state index in [2.05, 4.69) is 10.2 Å². The van der Waals surface area contributed by atoms with Crippen molar-refractivity contribution in [3.05, 3.63) is 76.7 Å². The molecule has 134 valence electrons. The Balaban J connectivity index is 1.74. The minimum atomic E-state index is -0.384. The third kappa shape index (κ3) is 4.05. The fraction of sp³-hybridized carbons (Fsp3) is 0.211. The molecule has 1 unspecified atom stereocenters. The summed E-state index contributed by atoms with van der Waals surface area (Å²) in [6.07, 6.45) is 0. The van der Waals surface area contributed by atoms with E-state index in [1.807, 2.05) is 67.6 Å². The van der Waals surface area contributed by atoms with E-state index in [9.17, 15) is 9.59 Å². The molecular weight excluding hydrogens is 348 g/mol. The number of carbonyl (C=O) groups excluding carboxylic acids is 1. The normalized spacial score (nSPS) is 11.9. The summed E-state index contributed by atoms with van der Waals surface area (Å²) >= 11 is 1.27. The molecule has 0 spiro atoms. The van der Waals surface area contributed by atoms with Gasteiger partial charge in [0.1, 0.15) is 0 Å². The van der Waals surface area contributed by atoms with Crippen LogP contribution in [0.5, 0.6) is 0 Å². The molecule has 6 nitrogen and oxygen atoms in total. The third-order valence-electron chi connectivity index (χ3n) is 4.01. The Morgan fingerprint density at radius 2 is 1.77 bits per heavy atom. The molecule has 1 atom stereocenters. The molecule has 7 heteroatoms. The maximum Gasteiger partial charge on any atom is 0.344 e. The Bertz CT molecular complexity index is 921. The fourth-order valence-electron chi connectivity index (χ4n) is 2.56. The Morgan fingerprint density at radius 1 is 1.15 bits per heavy atom. The lowest BCUT2D eigenvalue weighted by Gasteiger charge is -2.21. The van der Waals surface area contributed by atoms with E-state index < -0.39 is 0 Å². The van der Waals surface area contributed by atoms with Crippen LogP contribution in [0.25, 0.3) is 0 Å². The van der Waals surface area contributed by atoms with Crippen LogP contribution in [-0.2, 0) is 11.3 Å². The zero-order valence-corrected chi connectivity index (χ0v) is 15.4. The van der Waals surface area contributed by atoms with E-state index in [-0.39, 0.29) is 16.8 Å². The van der Waals surface area contributed by atoms with Crippen LogP contribution in [0.1, 0.15) is 12.5 Å². The first-order chi connectivity index (χ1) is 12.6. The summed E-state index contributed by atoms with van der Waals surface area (Å²) in [7, 11) is 1.75. The summed E-state index contributed by atoms with van der Waals surface area (Å²) in [5.74, 6) is -0.0529. The van der Waals surface area contributed by atoms with Crippen molar-refractivity contribution in [3.63, 3.8) is 0 Å². The highest BCUT2D eigenvalue weighted by atomic mass is 32.2. The number of nitrogens with one attached hydrogen (secondary N) is 1. The van der Waals surface area contributed by atoms with Crippen molar-refractivity contribution >= 4 is 23.4 Å². The number of aromatic nitrogens is 3. The number of thioether (sulfide) groups is 1.